The van der Waals surface area contributed by atoms with E-state index in [-0.39, 0.29) is 32.7 Å². The van der Waals surface area contributed by atoms with Gasteiger partial charge in [0.15, 0.2) is 5.75 Å². The number of nitrogen functional groups attached to an aromatic ring is 2. The molecular formula is C21H16Cl2N4O3S. The zero-order valence-corrected chi connectivity index (χ0v) is 18.2. The van der Waals surface area contributed by atoms with Crippen LogP contribution < -0.4 is 20.9 Å². The van der Waals surface area contributed by atoms with Gasteiger partial charge in [-0.15, -0.1) is 0 Å². The number of nitrogens with one attached hydrogen (secondary N) is 1. The average molecular weight is 475 g/mol. The van der Waals surface area contributed by atoms with Crippen LogP contribution in [0.4, 0.5) is 17.1 Å². The number of nitrogens with two attached hydrogens (primary N) is 2. The van der Waals surface area contributed by atoms with Gasteiger partial charge < -0.3 is 16.2 Å². The van der Waals surface area contributed by atoms with Gasteiger partial charge in [-0.2, -0.15) is 0 Å². The van der Waals surface area contributed by atoms with E-state index >= 15 is 0 Å². The van der Waals surface area contributed by atoms with Crippen molar-refractivity contribution in [2.45, 2.75) is 4.90 Å². The molecule has 7 nitrogen and oxygen atoms in total. The quantitative estimate of drug-likeness (QED) is 0.337. The molecule has 0 spiro atoms. The van der Waals surface area contributed by atoms with Gasteiger partial charge in [0, 0.05) is 10.4 Å². The maximum Gasteiger partial charge on any atom is 0.263 e. The predicted octanol–water partition coefficient (Wildman–Crippen LogP) is 5.30. The van der Waals surface area contributed by atoms with Crippen LogP contribution in [0.2, 0.25) is 10.0 Å². The molecule has 0 fully saturated rings. The standard InChI is InChI=1S/C21H16Cl2N4O3S/c22-13-5-6-20(17(24)8-13)31(28,29)27-14-9-16(23)21(18(25)10-14)30-15-7-12-3-1-2-4-19(12)26-11-15/h1-11,27H,24-25H2. The van der Waals surface area contributed by atoms with Crippen LogP contribution in [-0.2, 0) is 10.0 Å². The summed E-state index contributed by atoms with van der Waals surface area (Å²) in [6.45, 7) is 0. The molecule has 1 heterocycles. The second kappa shape index (κ2) is 8.14. The molecule has 4 rings (SSSR count). The summed E-state index contributed by atoms with van der Waals surface area (Å²) in [5.41, 5.74) is 13.0. The average Bonchev–Trinajstić information content (AvgIpc) is 2.70. The van der Waals surface area contributed by atoms with E-state index in [4.69, 9.17) is 39.4 Å². The number of para-hydroxylation sites is 1. The lowest BCUT2D eigenvalue weighted by Crippen LogP contribution is -2.15. The maximum atomic E-state index is 12.7. The summed E-state index contributed by atoms with van der Waals surface area (Å²) >= 11 is 12.2. The Morgan fingerprint density at radius 3 is 2.45 bits per heavy atom. The lowest BCUT2D eigenvalue weighted by molar-refractivity contribution is 0.484. The number of nitrogens with zero attached hydrogens (tertiary/aromatic N) is 1. The number of anilines is 3. The van der Waals surface area contributed by atoms with Crippen molar-refractivity contribution in [1.82, 2.24) is 4.98 Å². The first-order valence-electron chi connectivity index (χ1n) is 8.92. The number of aromatic nitrogens is 1. The molecule has 0 aliphatic carbocycles. The summed E-state index contributed by atoms with van der Waals surface area (Å²) in [4.78, 5) is 4.21. The Hall–Kier alpha value is -3.20. The maximum absolute atomic E-state index is 12.7. The monoisotopic (exact) mass is 474 g/mol. The summed E-state index contributed by atoms with van der Waals surface area (Å²) in [6, 6.07) is 16.3. The Balaban J connectivity index is 1.62. The molecule has 158 valence electrons. The normalized spacial score (nSPS) is 11.4. The smallest absolute Gasteiger partial charge is 0.263 e. The molecule has 5 N–H and O–H groups in total. The molecule has 31 heavy (non-hydrogen) atoms. The summed E-state index contributed by atoms with van der Waals surface area (Å²) in [5.74, 6) is 0.627. The van der Waals surface area contributed by atoms with Gasteiger partial charge in [0.2, 0.25) is 0 Å². The summed E-state index contributed by atoms with van der Waals surface area (Å²) in [5, 5.41) is 1.34. The number of rotatable bonds is 5. The highest BCUT2D eigenvalue weighted by Crippen LogP contribution is 2.38. The van der Waals surface area contributed by atoms with Crippen LogP contribution in [-0.4, -0.2) is 13.4 Å². The second-order valence-electron chi connectivity index (χ2n) is 6.63. The van der Waals surface area contributed by atoms with E-state index in [1.807, 2.05) is 24.3 Å². The molecule has 0 aliphatic heterocycles. The fourth-order valence-corrected chi connectivity index (χ4v) is 4.58. The number of benzene rings is 3. The third-order valence-corrected chi connectivity index (χ3v) is 6.34. The Morgan fingerprint density at radius 2 is 1.71 bits per heavy atom. The Labute approximate surface area is 188 Å². The van der Waals surface area contributed by atoms with Crippen LogP contribution in [0.1, 0.15) is 0 Å². The molecule has 4 aromatic rings. The molecular weight excluding hydrogens is 459 g/mol. The molecule has 3 aromatic carbocycles. The Kier molecular flexibility index (Phi) is 5.53. The highest BCUT2D eigenvalue weighted by Gasteiger charge is 2.20. The first-order chi connectivity index (χ1) is 14.7. The van der Waals surface area contributed by atoms with E-state index in [1.165, 1.54) is 30.3 Å². The van der Waals surface area contributed by atoms with Gasteiger partial charge in [-0.1, -0.05) is 41.4 Å². The number of halogens is 2. The number of hydrogen-bond acceptors (Lipinski definition) is 6. The molecule has 0 bridgehead atoms. The second-order valence-corrected chi connectivity index (χ2v) is 9.12. The van der Waals surface area contributed by atoms with E-state index in [2.05, 4.69) is 9.71 Å². The van der Waals surface area contributed by atoms with Gasteiger partial charge in [-0.25, -0.2) is 8.42 Å². The van der Waals surface area contributed by atoms with Crippen molar-refractivity contribution in [2.75, 3.05) is 16.2 Å². The largest absolute Gasteiger partial charge is 0.452 e. The first-order valence-corrected chi connectivity index (χ1v) is 11.2. The minimum atomic E-state index is -3.99. The molecule has 0 unspecified atom stereocenters. The minimum absolute atomic E-state index is 0.0165. The molecule has 1 aromatic heterocycles. The van der Waals surface area contributed by atoms with Gasteiger partial charge in [-0.3, -0.25) is 9.71 Å². The van der Waals surface area contributed by atoms with Crippen molar-refractivity contribution in [3.8, 4) is 11.5 Å². The molecule has 0 radical (unpaired) electrons. The third kappa shape index (κ3) is 4.46. The van der Waals surface area contributed by atoms with E-state index < -0.39 is 10.0 Å². The fourth-order valence-electron chi connectivity index (χ4n) is 2.98. The van der Waals surface area contributed by atoms with Crippen molar-refractivity contribution in [1.29, 1.82) is 0 Å². The zero-order valence-electron chi connectivity index (χ0n) is 15.8. The highest BCUT2D eigenvalue weighted by molar-refractivity contribution is 7.92. The number of pyridine rings is 1. The lowest BCUT2D eigenvalue weighted by Gasteiger charge is -2.14. The predicted molar refractivity (Wildman–Crippen MR) is 124 cm³/mol. The fraction of sp³-hybridized carbons (Fsp3) is 0. The van der Waals surface area contributed by atoms with Crippen LogP contribution in [0.15, 0.2) is 71.8 Å². The number of ether oxygens (including phenoxy) is 1. The van der Waals surface area contributed by atoms with E-state index in [0.717, 1.165) is 10.9 Å². The van der Waals surface area contributed by atoms with Gasteiger partial charge in [0.1, 0.15) is 10.6 Å². The van der Waals surface area contributed by atoms with Crippen molar-refractivity contribution in [3.05, 3.63) is 76.9 Å². The SMILES string of the molecule is Nc1cc(Cl)ccc1S(=O)(=O)Nc1cc(N)c(Oc2cnc3ccccc3c2)c(Cl)c1. The Bertz CT molecular complexity index is 1390. The highest BCUT2D eigenvalue weighted by atomic mass is 35.5. The number of sulfonamides is 1. The first kappa shape index (κ1) is 21.0. The third-order valence-electron chi connectivity index (χ3n) is 4.37. The van der Waals surface area contributed by atoms with Crippen LogP contribution in [0, 0.1) is 0 Å². The van der Waals surface area contributed by atoms with Crippen LogP contribution in [0.25, 0.3) is 10.9 Å². The van der Waals surface area contributed by atoms with E-state index in [9.17, 15) is 8.42 Å². The summed E-state index contributed by atoms with van der Waals surface area (Å²) in [7, 11) is -3.99. The number of fused-ring (bicyclic) bond motifs is 1. The summed E-state index contributed by atoms with van der Waals surface area (Å²) < 4.78 is 33.6. The minimum Gasteiger partial charge on any atom is -0.452 e. The molecule has 0 amide bonds. The molecule has 0 aliphatic rings. The van der Waals surface area contributed by atoms with Crippen molar-refractivity contribution in [2.24, 2.45) is 0 Å². The van der Waals surface area contributed by atoms with Gasteiger partial charge in [0.05, 0.1) is 33.8 Å². The lowest BCUT2D eigenvalue weighted by atomic mass is 10.2. The topological polar surface area (TPSA) is 120 Å². The van der Waals surface area contributed by atoms with Gasteiger partial charge >= 0.3 is 0 Å². The van der Waals surface area contributed by atoms with E-state index in [0.29, 0.717) is 10.8 Å². The molecule has 0 saturated heterocycles. The van der Waals surface area contributed by atoms with Crippen LogP contribution in [0.5, 0.6) is 11.5 Å². The molecule has 0 saturated carbocycles. The Morgan fingerprint density at radius 1 is 0.935 bits per heavy atom. The molecule has 0 atom stereocenters. The zero-order chi connectivity index (χ0) is 22.2. The van der Waals surface area contributed by atoms with Crippen LogP contribution >= 0.6 is 23.2 Å². The van der Waals surface area contributed by atoms with Crippen LogP contribution in [0.3, 0.4) is 0 Å². The van der Waals surface area contributed by atoms with Gasteiger partial charge in [-0.05, 0) is 42.5 Å². The summed E-state index contributed by atoms with van der Waals surface area (Å²) in [6.07, 6.45) is 1.55. The van der Waals surface area contributed by atoms with Crippen molar-refractivity contribution in [3.63, 3.8) is 0 Å². The number of hydrogen-bond donors (Lipinski definition) is 3. The van der Waals surface area contributed by atoms with E-state index in [1.54, 1.807) is 12.3 Å². The molecule has 10 heteroatoms. The van der Waals surface area contributed by atoms with Crippen molar-refractivity contribution >= 4 is 61.2 Å². The van der Waals surface area contributed by atoms with Gasteiger partial charge in [0.25, 0.3) is 10.0 Å². The van der Waals surface area contributed by atoms with Crippen molar-refractivity contribution < 1.29 is 13.2 Å².